The Balaban J connectivity index is 1.87. The van der Waals surface area contributed by atoms with Crippen LogP contribution >= 0.6 is 0 Å². The minimum absolute atomic E-state index is 0.0234. The zero-order valence-electron chi connectivity index (χ0n) is 14.4. The van der Waals surface area contributed by atoms with Crippen LogP contribution in [-0.2, 0) is 10.0 Å². The number of carbonyl (C=O) groups excluding carboxylic acids is 1. The number of nitrogens with zero attached hydrogens (tertiary/aromatic N) is 2. The monoisotopic (exact) mass is 355 g/mol. The molecule has 1 amide bonds. The quantitative estimate of drug-likeness (QED) is 0.881. The third kappa shape index (κ3) is 2.98. The average molecular weight is 355 g/mol. The van der Waals surface area contributed by atoms with Crippen LogP contribution in [0.4, 0.5) is 0 Å². The Kier molecular flexibility index (Phi) is 4.72. The summed E-state index contributed by atoms with van der Waals surface area (Å²) in [4.78, 5) is 14.6. The normalized spacial score (nSPS) is 26.0. The Labute approximate surface area is 143 Å². The Hall–Kier alpha value is -1.38. The van der Waals surface area contributed by atoms with Crippen LogP contribution in [-0.4, -0.2) is 61.8 Å². The maximum absolute atomic E-state index is 12.8. The highest BCUT2D eigenvalue weighted by Crippen LogP contribution is 2.27. The highest BCUT2D eigenvalue weighted by atomic mass is 32.2. The van der Waals surface area contributed by atoms with Gasteiger partial charge in [-0.1, -0.05) is 0 Å². The van der Waals surface area contributed by atoms with E-state index in [0.717, 1.165) is 19.4 Å². The lowest BCUT2D eigenvalue weighted by molar-refractivity contribution is 0.0569. The Morgan fingerprint density at radius 3 is 2.58 bits per heavy atom. The molecule has 2 atom stereocenters. The SMILES string of the molecule is Cc1oc(C(=O)N2CCNC(C)C2C)cc1S(=O)(=O)N1CCCC1. The van der Waals surface area contributed by atoms with Gasteiger partial charge in [-0.15, -0.1) is 0 Å². The number of carbonyl (C=O) groups is 1. The second kappa shape index (κ2) is 6.50. The number of amides is 1. The van der Waals surface area contributed by atoms with Gasteiger partial charge in [0.25, 0.3) is 5.91 Å². The number of hydrogen-bond donors (Lipinski definition) is 1. The molecule has 2 unspecified atom stereocenters. The van der Waals surface area contributed by atoms with Crippen LogP contribution in [0.3, 0.4) is 0 Å². The van der Waals surface area contributed by atoms with Crippen molar-refractivity contribution in [2.45, 2.75) is 50.6 Å². The van der Waals surface area contributed by atoms with E-state index in [1.54, 1.807) is 11.8 Å². The van der Waals surface area contributed by atoms with Gasteiger partial charge in [-0.2, -0.15) is 4.31 Å². The molecule has 134 valence electrons. The molecule has 2 fully saturated rings. The van der Waals surface area contributed by atoms with Crippen molar-refractivity contribution in [1.82, 2.24) is 14.5 Å². The van der Waals surface area contributed by atoms with E-state index in [2.05, 4.69) is 5.32 Å². The molecule has 0 radical (unpaired) electrons. The van der Waals surface area contributed by atoms with Crippen molar-refractivity contribution in [3.05, 3.63) is 17.6 Å². The van der Waals surface area contributed by atoms with Crippen molar-refractivity contribution in [3.8, 4) is 0 Å². The molecule has 2 saturated heterocycles. The van der Waals surface area contributed by atoms with E-state index in [4.69, 9.17) is 4.42 Å². The van der Waals surface area contributed by atoms with Crippen LogP contribution in [0.25, 0.3) is 0 Å². The van der Waals surface area contributed by atoms with Crippen molar-refractivity contribution in [2.75, 3.05) is 26.2 Å². The molecule has 8 heteroatoms. The lowest BCUT2D eigenvalue weighted by Crippen LogP contribution is -2.57. The van der Waals surface area contributed by atoms with E-state index in [9.17, 15) is 13.2 Å². The van der Waals surface area contributed by atoms with E-state index in [1.165, 1.54) is 10.4 Å². The maximum atomic E-state index is 12.8. The van der Waals surface area contributed by atoms with E-state index in [1.807, 2.05) is 13.8 Å². The van der Waals surface area contributed by atoms with Gasteiger partial charge < -0.3 is 14.6 Å². The molecule has 0 saturated carbocycles. The van der Waals surface area contributed by atoms with E-state index in [-0.39, 0.29) is 34.4 Å². The molecule has 24 heavy (non-hydrogen) atoms. The molecule has 7 nitrogen and oxygen atoms in total. The molecule has 0 aromatic carbocycles. The van der Waals surface area contributed by atoms with Crippen LogP contribution < -0.4 is 5.32 Å². The molecule has 1 aromatic heterocycles. The van der Waals surface area contributed by atoms with Gasteiger partial charge in [-0.05, 0) is 33.6 Å². The molecular weight excluding hydrogens is 330 g/mol. The highest BCUT2D eigenvalue weighted by Gasteiger charge is 2.34. The predicted octanol–water partition coefficient (Wildman–Crippen LogP) is 1.19. The zero-order valence-corrected chi connectivity index (χ0v) is 15.2. The van der Waals surface area contributed by atoms with Crippen molar-refractivity contribution >= 4 is 15.9 Å². The number of furan rings is 1. The van der Waals surface area contributed by atoms with Crippen LogP contribution in [0.15, 0.2) is 15.4 Å². The van der Waals surface area contributed by atoms with Crippen LogP contribution in [0.2, 0.25) is 0 Å². The molecule has 3 heterocycles. The predicted molar refractivity (Wildman–Crippen MR) is 89.4 cm³/mol. The maximum Gasteiger partial charge on any atom is 0.289 e. The Bertz CT molecular complexity index is 722. The van der Waals surface area contributed by atoms with E-state index < -0.39 is 10.0 Å². The number of piperazine rings is 1. The summed E-state index contributed by atoms with van der Waals surface area (Å²) in [6.07, 6.45) is 1.75. The number of rotatable bonds is 3. The summed E-state index contributed by atoms with van der Waals surface area (Å²) >= 11 is 0. The first-order valence-corrected chi connectivity index (χ1v) is 9.91. The van der Waals surface area contributed by atoms with Gasteiger partial charge in [-0.25, -0.2) is 8.42 Å². The fourth-order valence-electron chi connectivity index (χ4n) is 3.38. The van der Waals surface area contributed by atoms with Crippen molar-refractivity contribution in [1.29, 1.82) is 0 Å². The third-order valence-electron chi connectivity index (χ3n) is 5.06. The number of aryl methyl sites for hydroxylation is 1. The first-order valence-electron chi connectivity index (χ1n) is 8.47. The standard InChI is InChI=1S/C16H25N3O4S/c1-11-12(2)19(9-6-17-11)16(20)14-10-15(13(3)23-14)24(21,22)18-7-4-5-8-18/h10-12,17H,4-9H2,1-3H3. The summed E-state index contributed by atoms with van der Waals surface area (Å²) in [5.41, 5.74) is 0. The van der Waals surface area contributed by atoms with Gasteiger partial charge >= 0.3 is 0 Å². The average Bonchev–Trinajstić information content (AvgIpc) is 3.19. The first-order chi connectivity index (χ1) is 11.3. The molecule has 1 N–H and O–H groups in total. The van der Waals surface area contributed by atoms with Gasteiger partial charge in [0, 0.05) is 44.3 Å². The second-order valence-electron chi connectivity index (χ2n) is 6.62. The van der Waals surface area contributed by atoms with Crippen molar-refractivity contribution < 1.29 is 17.6 Å². The summed E-state index contributed by atoms with van der Waals surface area (Å²) in [6.45, 7) is 7.97. The van der Waals surface area contributed by atoms with Gasteiger partial charge in [0.05, 0.1) is 0 Å². The molecule has 2 aliphatic heterocycles. The first kappa shape index (κ1) is 17.4. The zero-order chi connectivity index (χ0) is 17.5. The molecular formula is C16H25N3O4S. The number of nitrogens with one attached hydrogen (secondary N) is 1. The Morgan fingerprint density at radius 1 is 1.25 bits per heavy atom. The van der Waals surface area contributed by atoms with E-state index in [0.29, 0.717) is 19.6 Å². The molecule has 1 aromatic rings. The Morgan fingerprint density at radius 2 is 1.92 bits per heavy atom. The van der Waals surface area contributed by atoms with E-state index >= 15 is 0 Å². The summed E-state index contributed by atoms with van der Waals surface area (Å²) in [5, 5.41) is 3.32. The summed E-state index contributed by atoms with van der Waals surface area (Å²) < 4.78 is 32.4. The van der Waals surface area contributed by atoms with Gasteiger partial charge in [0.2, 0.25) is 10.0 Å². The summed E-state index contributed by atoms with van der Waals surface area (Å²) in [5.74, 6) is 0.133. The molecule has 0 aliphatic carbocycles. The summed E-state index contributed by atoms with van der Waals surface area (Å²) in [6, 6.07) is 1.60. The van der Waals surface area contributed by atoms with Crippen LogP contribution in [0, 0.1) is 6.92 Å². The van der Waals surface area contributed by atoms with Crippen molar-refractivity contribution in [3.63, 3.8) is 0 Å². The minimum atomic E-state index is -3.58. The fraction of sp³-hybridized carbons (Fsp3) is 0.688. The lowest BCUT2D eigenvalue weighted by atomic mass is 10.1. The fourth-order valence-corrected chi connectivity index (χ4v) is 5.06. The minimum Gasteiger partial charge on any atom is -0.455 e. The topological polar surface area (TPSA) is 82.9 Å². The second-order valence-corrected chi connectivity index (χ2v) is 8.53. The lowest BCUT2D eigenvalue weighted by Gasteiger charge is -2.38. The van der Waals surface area contributed by atoms with Gasteiger partial charge in [0.15, 0.2) is 5.76 Å². The van der Waals surface area contributed by atoms with Gasteiger partial charge in [-0.3, -0.25) is 4.79 Å². The van der Waals surface area contributed by atoms with Crippen LogP contribution in [0.5, 0.6) is 0 Å². The molecule has 0 bridgehead atoms. The third-order valence-corrected chi connectivity index (χ3v) is 7.07. The highest BCUT2D eigenvalue weighted by molar-refractivity contribution is 7.89. The molecule has 0 spiro atoms. The van der Waals surface area contributed by atoms with Crippen LogP contribution in [0.1, 0.15) is 43.0 Å². The number of sulfonamides is 1. The smallest absolute Gasteiger partial charge is 0.289 e. The molecule has 3 rings (SSSR count). The molecule has 2 aliphatic rings. The van der Waals surface area contributed by atoms with Gasteiger partial charge in [0.1, 0.15) is 10.7 Å². The number of hydrogen-bond acceptors (Lipinski definition) is 5. The largest absolute Gasteiger partial charge is 0.455 e. The van der Waals surface area contributed by atoms with Crippen molar-refractivity contribution in [2.24, 2.45) is 0 Å². The summed E-state index contributed by atoms with van der Waals surface area (Å²) in [7, 11) is -3.58.